The Kier molecular flexibility index (Phi) is 8.08. The predicted octanol–water partition coefficient (Wildman–Crippen LogP) is 1.66. The van der Waals surface area contributed by atoms with Crippen molar-refractivity contribution < 1.29 is 17.2 Å². The van der Waals surface area contributed by atoms with Gasteiger partial charge in [-0.1, -0.05) is 13.0 Å². The third-order valence-electron chi connectivity index (χ3n) is 2.21. The van der Waals surface area contributed by atoms with Gasteiger partial charge >= 0.3 is 0 Å². The molecular formula is C11H17ClF2N2O2S. The highest BCUT2D eigenvalue weighted by molar-refractivity contribution is 7.89. The number of benzene rings is 1. The highest BCUT2D eigenvalue weighted by Crippen LogP contribution is 2.17. The molecule has 1 rings (SSSR count). The van der Waals surface area contributed by atoms with E-state index in [2.05, 4.69) is 10.0 Å². The molecule has 0 fully saturated rings. The fourth-order valence-corrected chi connectivity index (χ4v) is 2.55. The first kappa shape index (κ1) is 18.2. The fourth-order valence-electron chi connectivity index (χ4n) is 1.39. The van der Waals surface area contributed by atoms with Crippen molar-refractivity contribution in [2.45, 2.75) is 18.2 Å². The van der Waals surface area contributed by atoms with E-state index in [1.165, 1.54) is 0 Å². The van der Waals surface area contributed by atoms with E-state index in [4.69, 9.17) is 0 Å². The van der Waals surface area contributed by atoms with Crippen LogP contribution in [0.15, 0.2) is 23.1 Å². The normalized spacial score (nSPS) is 11.1. The molecule has 0 spiro atoms. The van der Waals surface area contributed by atoms with Gasteiger partial charge in [0.1, 0.15) is 11.6 Å². The lowest BCUT2D eigenvalue weighted by molar-refractivity contribution is 0.513. The molecule has 19 heavy (non-hydrogen) atoms. The Hall–Kier alpha value is -0.760. The summed E-state index contributed by atoms with van der Waals surface area (Å²) in [6.45, 7) is 3.22. The molecule has 0 amide bonds. The second kappa shape index (κ2) is 8.42. The zero-order valence-electron chi connectivity index (χ0n) is 10.4. The molecule has 0 saturated carbocycles. The maximum atomic E-state index is 13.3. The van der Waals surface area contributed by atoms with Crippen LogP contribution in [0.2, 0.25) is 0 Å². The van der Waals surface area contributed by atoms with Gasteiger partial charge < -0.3 is 5.32 Å². The largest absolute Gasteiger partial charge is 0.315 e. The number of hydrogen-bond donors (Lipinski definition) is 2. The average Bonchev–Trinajstić information content (AvgIpc) is 2.28. The molecule has 110 valence electrons. The summed E-state index contributed by atoms with van der Waals surface area (Å²) in [4.78, 5) is -0.930. The molecule has 8 heteroatoms. The Morgan fingerprint density at radius 1 is 1.11 bits per heavy atom. The van der Waals surface area contributed by atoms with Crippen molar-refractivity contribution in [2.75, 3.05) is 19.6 Å². The highest BCUT2D eigenvalue weighted by atomic mass is 35.5. The second-order valence-electron chi connectivity index (χ2n) is 3.70. The van der Waals surface area contributed by atoms with Crippen LogP contribution in [0.25, 0.3) is 0 Å². The number of hydrogen-bond acceptors (Lipinski definition) is 3. The quantitative estimate of drug-likeness (QED) is 0.753. The van der Waals surface area contributed by atoms with Gasteiger partial charge in [-0.3, -0.25) is 0 Å². The highest BCUT2D eigenvalue weighted by Gasteiger charge is 2.22. The van der Waals surface area contributed by atoms with Crippen LogP contribution in [0.1, 0.15) is 13.3 Å². The van der Waals surface area contributed by atoms with E-state index in [0.717, 1.165) is 31.2 Å². The van der Waals surface area contributed by atoms with E-state index in [1.807, 2.05) is 6.92 Å². The first-order chi connectivity index (χ1) is 8.49. The minimum Gasteiger partial charge on any atom is -0.315 e. The van der Waals surface area contributed by atoms with Crippen molar-refractivity contribution in [1.82, 2.24) is 10.0 Å². The van der Waals surface area contributed by atoms with Crippen molar-refractivity contribution in [1.29, 1.82) is 0 Å². The molecule has 0 bridgehead atoms. The first-order valence-electron chi connectivity index (χ1n) is 5.63. The van der Waals surface area contributed by atoms with Crippen molar-refractivity contribution in [3.05, 3.63) is 29.8 Å². The van der Waals surface area contributed by atoms with Gasteiger partial charge in [0.25, 0.3) is 0 Å². The third kappa shape index (κ3) is 5.40. The average molecular weight is 315 g/mol. The summed E-state index contributed by atoms with van der Waals surface area (Å²) in [5, 5.41) is 2.97. The van der Waals surface area contributed by atoms with E-state index >= 15 is 0 Å². The Balaban J connectivity index is 0.00000324. The van der Waals surface area contributed by atoms with Gasteiger partial charge in [-0.2, -0.15) is 0 Å². The van der Waals surface area contributed by atoms with Crippen LogP contribution in [0.5, 0.6) is 0 Å². The number of nitrogens with one attached hydrogen (secondary N) is 2. The number of rotatable bonds is 7. The molecule has 0 atom stereocenters. The lowest BCUT2D eigenvalue weighted by atomic mass is 10.3. The standard InChI is InChI=1S/C11H16F2N2O2S.ClH/c1-2-6-14-7-8-15-18(16,17)11-9(12)4-3-5-10(11)13;/h3-5,14-15H,2,6-8H2,1H3;1H. The number of sulfonamides is 1. The molecular weight excluding hydrogens is 298 g/mol. The molecule has 1 aromatic carbocycles. The minimum absolute atomic E-state index is 0. The molecule has 0 unspecified atom stereocenters. The summed E-state index contributed by atoms with van der Waals surface area (Å²) in [5.41, 5.74) is 0. The lowest BCUT2D eigenvalue weighted by Crippen LogP contribution is -2.33. The lowest BCUT2D eigenvalue weighted by Gasteiger charge is -2.08. The summed E-state index contributed by atoms with van der Waals surface area (Å²) in [5.74, 6) is -2.19. The maximum absolute atomic E-state index is 13.3. The van der Waals surface area contributed by atoms with Crippen LogP contribution >= 0.6 is 12.4 Å². The van der Waals surface area contributed by atoms with Crippen LogP contribution in [-0.4, -0.2) is 28.1 Å². The molecule has 0 saturated heterocycles. The Morgan fingerprint density at radius 2 is 1.68 bits per heavy atom. The van der Waals surface area contributed by atoms with Crippen molar-refractivity contribution in [3.63, 3.8) is 0 Å². The zero-order valence-corrected chi connectivity index (χ0v) is 12.1. The van der Waals surface area contributed by atoms with E-state index in [1.54, 1.807) is 0 Å². The van der Waals surface area contributed by atoms with Crippen LogP contribution in [0, 0.1) is 11.6 Å². The molecule has 0 aliphatic rings. The van der Waals surface area contributed by atoms with E-state index in [0.29, 0.717) is 6.54 Å². The summed E-state index contributed by atoms with van der Waals surface area (Å²) in [6.07, 6.45) is 0.925. The third-order valence-corrected chi connectivity index (χ3v) is 3.72. The molecule has 2 N–H and O–H groups in total. The number of halogens is 3. The van der Waals surface area contributed by atoms with Crippen molar-refractivity contribution >= 4 is 22.4 Å². The molecule has 0 radical (unpaired) electrons. The molecule has 1 aromatic rings. The van der Waals surface area contributed by atoms with Crippen LogP contribution in [0.3, 0.4) is 0 Å². The SMILES string of the molecule is CCCNCCNS(=O)(=O)c1c(F)cccc1F.Cl. The van der Waals surface area contributed by atoms with Gasteiger partial charge in [-0.05, 0) is 25.1 Å². The van der Waals surface area contributed by atoms with Crippen LogP contribution in [0.4, 0.5) is 8.78 Å². The van der Waals surface area contributed by atoms with Gasteiger partial charge in [0.15, 0.2) is 4.90 Å². The molecule has 0 aromatic heterocycles. The summed E-state index contributed by atoms with van der Waals surface area (Å²) < 4.78 is 52.1. The molecule has 4 nitrogen and oxygen atoms in total. The van der Waals surface area contributed by atoms with Crippen molar-refractivity contribution in [2.24, 2.45) is 0 Å². The Morgan fingerprint density at radius 3 is 2.21 bits per heavy atom. The minimum atomic E-state index is -4.15. The van der Waals surface area contributed by atoms with Crippen molar-refractivity contribution in [3.8, 4) is 0 Å². The van der Waals surface area contributed by atoms with E-state index < -0.39 is 26.6 Å². The first-order valence-corrected chi connectivity index (χ1v) is 7.11. The Bertz CT molecular complexity index is 477. The van der Waals surface area contributed by atoms with E-state index in [-0.39, 0.29) is 19.0 Å². The maximum Gasteiger partial charge on any atom is 0.246 e. The topological polar surface area (TPSA) is 58.2 Å². The zero-order chi connectivity index (χ0) is 13.6. The molecule has 0 aliphatic heterocycles. The van der Waals surface area contributed by atoms with Gasteiger partial charge in [0, 0.05) is 13.1 Å². The summed E-state index contributed by atoms with van der Waals surface area (Å²) in [6, 6.07) is 2.94. The van der Waals surface area contributed by atoms with E-state index in [9.17, 15) is 17.2 Å². The van der Waals surface area contributed by atoms with Gasteiger partial charge in [-0.15, -0.1) is 12.4 Å². The summed E-state index contributed by atoms with van der Waals surface area (Å²) >= 11 is 0. The fraction of sp³-hybridized carbons (Fsp3) is 0.455. The molecule has 0 heterocycles. The van der Waals surface area contributed by atoms with Gasteiger partial charge in [-0.25, -0.2) is 21.9 Å². The Labute approximate surface area is 118 Å². The monoisotopic (exact) mass is 314 g/mol. The van der Waals surface area contributed by atoms with Gasteiger partial charge in [0.05, 0.1) is 0 Å². The summed E-state index contributed by atoms with van der Waals surface area (Å²) in [7, 11) is -4.15. The smallest absolute Gasteiger partial charge is 0.246 e. The molecule has 0 aliphatic carbocycles. The predicted molar refractivity (Wildman–Crippen MR) is 72.0 cm³/mol. The van der Waals surface area contributed by atoms with Crippen LogP contribution in [-0.2, 0) is 10.0 Å². The second-order valence-corrected chi connectivity index (χ2v) is 5.40. The van der Waals surface area contributed by atoms with Gasteiger partial charge in [0.2, 0.25) is 10.0 Å². The van der Waals surface area contributed by atoms with Crippen LogP contribution < -0.4 is 10.0 Å².